The molecule has 2 aromatic rings. The molecule has 0 spiro atoms. The molecule has 0 fully saturated rings. The fraction of sp³-hybridized carbons (Fsp3) is 0.0769. The zero-order valence-electron chi connectivity index (χ0n) is 9.04. The normalized spacial score (nSPS) is 9.94. The van der Waals surface area contributed by atoms with E-state index in [0.29, 0.717) is 12.1 Å². The Morgan fingerprint density at radius 2 is 1.94 bits per heavy atom. The van der Waals surface area contributed by atoms with Gasteiger partial charge in [-0.05, 0) is 17.7 Å². The predicted octanol–water partition coefficient (Wildman–Crippen LogP) is 2.30. The summed E-state index contributed by atoms with van der Waals surface area (Å²) in [4.78, 5) is 19.2. The van der Waals surface area contributed by atoms with Crippen LogP contribution in [0.4, 0.5) is 0 Å². The number of pyridine rings is 1. The highest BCUT2D eigenvalue weighted by molar-refractivity contribution is 5.90. The molecular weight excluding hydrogens is 218 g/mol. The molecule has 17 heavy (non-hydrogen) atoms. The van der Waals surface area contributed by atoms with E-state index in [1.165, 1.54) is 0 Å². The molecule has 0 unspecified atom stereocenters. The molecule has 0 aliphatic heterocycles. The number of rotatable bonds is 3. The van der Waals surface area contributed by atoms with E-state index >= 15 is 0 Å². The molecule has 4 heteroatoms. The zero-order chi connectivity index (χ0) is 12.1. The van der Waals surface area contributed by atoms with Crippen LogP contribution >= 0.6 is 0 Å². The van der Waals surface area contributed by atoms with Gasteiger partial charge in [0, 0.05) is 12.6 Å². The number of hydrogen-bond donors (Lipinski definition) is 1. The second-order valence-corrected chi connectivity index (χ2v) is 3.54. The summed E-state index contributed by atoms with van der Waals surface area (Å²) < 4.78 is 0. The maximum Gasteiger partial charge on any atom is 0.374 e. The van der Waals surface area contributed by atoms with Crippen LogP contribution in [0.3, 0.4) is 0 Å². The van der Waals surface area contributed by atoms with Crippen LogP contribution in [-0.2, 0) is 11.3 Å². The van der Waals surface area contributed by atoms with Gasteiger partial charge in [0.25, 0.3) is 0 Å². The summed E-state index contributed by atoms with van der Waals surface area (Å²) in [5, 5.41) is 8.40. The lowest BCUT2D eigenvalue weighted by molar-refractivity contribution is -0.182. The van der Waals surface area contributed by atoms with Gasteiger partial charge in [0.1, 0.15) is 0 Å². The van der Waals surface area contributed by atoms with Crippen molar-refractivity contribution >= 4 is 5.97 Å². The lowest BCUT2D eigenvalue weighted by Gasteiger charge is -2.05. The van der Waals surface area contributed by atoms with E-state index in [1.54, 1.807) is 18.3 Å². The van der Waals surface area contributed by atoms with Gasteiger partial charge in [-0.15, -0.1) is 0 Å². The Bertz CT molecular complexity index is 511. The second kappa shape index (κ2) is 5.23. The summed E-state index contributed by atoms with van der Waals surface area (Å²) >= 11 is 0. The maximum absolute atomic E-state index is 11.3. The lowest BCUT2D eigenvalue weighted by atomic mass is 10.1. The van der Waals surface area contributed by atoms with Gasteiger partial charge in [-0.1, -0.05) is 30.3 Å². The Hall–Kier alpha value is -2.20. The number of hydrogen-bond acceptors (Lipinski definition) is 4. The zero-order valence-corrected chi connectivity index (χ0v) is 9.04. The molecule has 0 saturated heterocycles. The highest BCUT2D eigenvalue weighted by Gasteiger charge is 2.13. The van der Waals surface area contributed by atoms with Gasteiger partial charge in [-0.2, -0.15) is 5.26 Å². The molecular formula is C13H11NO3. The minimum absolute atomic E-state index is 0.277. The summed E-state index contributed by atoms with van der Waals surface area (Å²) in [7, 11) is 0. The Kier molecular flexibility index (Phi) is 3.47. The first-order chi connectivity index (χ1) is 8.31. The SMILES string of the molecule is O=C(OO)c1cccnc1Cc1ccccc1. The maximum atomic E-state index is 11.3. The monoisotopic (exact) mass is 229 g/mol. The highest BCUT2D eigenvalue weighted by Crippen LogP contribution is 2.12. The van der Waals surface area contributed by atoms with Crippen LogP contribution < -0.4 is 0 Å². The van der Waals surface area contributed by atoms with Crippen molar-refractivity contribution in [1.82, 2.24) is 4.98 Å². The molecule has 1 heterocycles. The lowest BCUT2D eigenvalue weighted by Crippen LogP contribution is -2.08. The molecule has 2 rings (SSSR count). The number of carbonyl (C=O) groups is 1. The summed E-state index contributed by atoms with van der Waals surface area (Å²) in [5.74, 6) is -0.788. The van der Waals surface area contributed by atoms with Crippen molar-refractivity contribution in [3.63, 3.8) is 0 Å². The van der Waals surface area contributed by atoms with Crippen LogP contribution in [0.15, 0.2) is 48.7 Å². The molecule has 0 amide bonds. The first-order valence-electron chi connectivity index (χ1n) is 5.15. The molecule has 0 atom stereocenters. The third kappa shape index (κ3) is 2.68. The quantitative estimate of drug-likeness (QED) is 0.648. The molecule has 1 N–H and O–H groups in total. The van der Waals surface area contributed by atoms with E-state index in [9.17, 15) is 4.79 Å². The molecule has 0 saturated carbocycles. The molecule has 0 aliphatic carbocycles. The van der Waals surface area contributed by atoms with Gasteiger partial charge in [0.05, 0.1) is 11.3 Å². The smallest absolute Gasteiger partial charge is 0.295 e. The molecule has 0 radical (unpaired) electrons. The minimum atomic E-state index is -0.788. The van der Waals surface area contributed by atoms with Crippen molar-refractivity contribution < 1.29 is 14.9 Å². The molecule has 86 valence electrons. The van der Waals surface area contributed by atoms with E-state index in [4.69, 9.17) is 5.26 Å². The standard InChI is InChI=1S/C13H11NO3/c15-13(17-16)11-7-4-8-14-12(11)9-10-5-2-1-3-6-10/h1-8,16H,9H2. The minimum Gasteiger partial charge on any atom is -0.295 e. The molecule has 4 nitrogen and oxygen atoms in total. The molecule has 1 aromatic heterocycles. The van der Waals surface area contributed by atoms with Gasteiger partial charge >= 0.3 is 5.97 Å². The summed E-state index contributed by atoms with van der Waals surface area (Å²) in [6.45, 7) is 0. The van der Waals surface area contributed by atoms with E-state index in [-0.39, 0.29) is 5.56 Å². The van der Waals surface area contributed by atoms with Crippen LogP contribution in [0.2, 0.25) is 0 Å². The van der Waals surface area contributed by atoms with E-state index < -0.39 is 5.97 Å². The third-order valence-electron chi connectivity index (χ3n) is 2.41. The average Bonchev–Trinajstić information content (AvgIpc) is 2.40. The predicted molar refractivity (Wildman–Crippen MR) is 61.5 cm³/mol. The summed E-state index contributed by atoms with van der Waals surface area (Å²) in [6, 6.07) is 12.9. The first kappa shape index (κ1) is 11.3. The largest absolute Gasteiger partial charge is 0.374 e. The van der Waals surface area contributed by atoms with Crippen molar-refractivity contribution in [1.29, 1.82) is 0 Å². The van der Waals surface area contributed by atoms with E-state index in [0.717, 1.165) is 5.56 Å². The third-order valence-corrected chi connectivity index (χ3v) is 2.41. The Morgan fingerprint density at radius 1 is 1.18 bits per heavy atom. The van der Waals surface area contributed by atoms with Crippen LogP contribution in [0.1, 0.15) is 21.6 Å². The summed E-state index contributed by atoms with van der Waals surface area (Å²) in [5.41, 5.74) is 1.90. The van der Waals surface area contributed by atoms with Crippen LogP contribution in [0.25, 0.3) is 0 Å². The van der Waals surface area contributed by atoms with Crippen molar-refractivity contribution in [2.75, 3.05) is 0 Å². The summed E-state index contributed by atoms with van der Waals surface area (Å²) in [6.07, 6.45) is 2.12. The fourth-order valence-corrected chi connectivity index (χ4v) is 1.60. The van der Waals surface area contributed by atoms with Gasteiger partial charge < -0.3 is 0 Å². The number of carbonyl (C=O) groups excluding carboxylic acids is 1. The van der Waals surface area contributed by atoms with Crippen molar-refractivity contribution in [2.45, 2.75) is 6.42 Å². The van der Waals surface area contributed by atoms with Crippen molar-refractivity contribution in [2.24, 2.45) is 0 Å². The average molecular weight is 229 g/mol. The van der Waals surface area contributed by atoms with E-state index in [1.807, 2.05) is 30.3 Å². The Labute approximate surface area is 98.4 Å². The number of nitrogens with zero attached hydrogens (tertiary/aromatic N) is 1. The van der Waals surface area contributed by atoms with Crippen LogP contribution in [-0.4, -0.2) is 16.2 Å². The molecule has 0 aliphatic rings. The Morgan fingerprint density at radius 3 is 2.65 bits per heavy atom. The molecule has 0 bridgehead atoms. The molecule has 1 aromatic carbocycles. The fourth-order valence-electron chi connectivity index (χ4n) is 1.60. The second-order valence-electron chi connectivity index (χ2n) is 3.54. The van der Waals surface area contributed by atoms with Gasteiger partial charge in [0.15, 0.2) is 0 Å². The first-order valence-corrected chi connectivity index (χ1v) is 5.15. The topological polar surface area (TPSA) is 59.4 Å². The van der Waals surface area contributed by atoms with Crippen molar-refractivity contribution in [3.8, 4) is 0 Å². The van der Waals surface area contributed by atoms with Gasteiger partial charge in [0.2, 0.25) is 0 Å². The Balaban J connectivity index is 2.30. The van der Waals surface area contributed by atoms with E-state index in [2.05, 4.69) is 9.87 Å². The van der Waals surface area contributed by atoms with Gasteiger partial charge in [-0.3, -0.25) is 9.87 Å². The van der Waals surface area contributed by atoms with Crippen LogP contribution in [0.5, 0.6) is 0 Å². The highest BCUT2D eigenvalue weighted by atomic mass is 17.1. The van der Waals surface area contributed by atoms with Crippen LogP contribution in [0, 0.1) is 0 Å². The number of aromatic nitrogens is 1. The number of benzene rings is 1. The van der Waals surface area contributed by atoms with Crippen molar-refractivity contribution in [3.05, 3.63) is 65.5 Å². The van der Waals surface area contributed by atoms with Gasteiger partial charge in [-0.25, -0.2) is 4.79 Å².